The number of benzene rings is 2. The zero-order valence-electron chi connectivity index (χ0n) is 25.2. The van der Waals surface area contributed by atoms with Gasteiger partial charge in [0.2, 0.25) is 11.8 Å². The number of likely N-dealkylation sites (tertiary alicyclic amines) is 1. The summed E-state index contributed by atoms with van der Waals surface area (Å²) in [6.45, 7) is 1.48. The number of rotatable bonds is 5. The summed E-state index contributed by atoms with van der Waals surface area (Å²) in [7, 11) is 0. The summed E-state index contributed by atoms with van der Waals surface area (Å²) >= 11 is 9.75. The topological polar surface area (TPSA) is 125 Å². The van der Waals surface area contributed by atoms with Crippen molar-refractivity contribution in [1.82, 2.24) is 10.2 Å². The molecule has 242 valence electrons. The zero-order chi connectivity index (χ0) is 32.6. The van der Waals surface area contributed by atoms with E-state index in [4.69, 9.17) is 21.1 Å². The molecule has 5 bridgehead atoms. The fourth-order valence-electron chi connectivity index (χ4n) is 7.06. The first-order valence-electron chi connectivity index (χ1n) is 15.4. The molecular formula is C34H35BrClN3O7. The van der Waals surface area contributed by atoms with Gasteiger partial charge >= 0.3 is 5.97 Å². The van der Waals surface area contributed by atoms with Crippen LogP contribution in [-0.4, -0.2) is 77.2 Å². The maximum Gasteiger partial charge on any atom is 0.306 e. The molecule has 2 aromatic rings. The van der Waals surface area contributed by atoms with Crippen LogP contribution in [0, 0.1) is 11.8 Å². The number of aliphatic hydroxyl groups is 1. The smallest absolute Gasteiger partial charge is 0.306 e. The average molecular weight is 713 g/mol. The number of carbonyl (C=O) groups is 4. The van der Waals surface area contributed by atoms with Crippen LogP contribution in [0.2, 0.25) is 5.02 Å². The zero-order valence-corrected chi connectivity index (χ0v) is 27.5. The number of fused-ring (bicyclic) bond motifs is 2. The maximum absolute atomic E-state index is 14.9. The van der Waals surface area contributed by atoms with Gasteiger partial charge in [0.1, 0.15) is 24.4 Å². The monoisotopic (exact) mass is 711 g/mol. The summed E-state index contributed by atoms with van der Waals surface area (Å²) in [5.74, 6) is -3.80. The minimum Gasteiger partial charge on any atom is -0.463 e. The second kappa shape index (κ2) is 13.3. The molecule has 2 fully saturated rings. The Labute approximate surface area is 280 Å². The summed E-state index contributed by atoms with van der Waals surface area (Å²) in [6, 6.07) is 13.4. The molecule has 2 saturated heterocycles. The van der Waals surface area contributed by atoms with Crippen LogP contribution in [0.3, 0.4) is 0 Å². The molecule has 4 aliphatic heterocycles. The highest BCUT2D eigenvalue weighted by atomic mass is 79.9. The molecule has 2 N–H and O–H groups in total. The van der Waals surface area contributed by atoms with Crippen LogP contribution in [0.25, 0.3) is 0 Å². The number of esters is 1. The standard InChI is InChI=1S/C34H35BrClN3O7/c1-2-22(18-40)39-30-33(44)38(23-14-12-21(36)13-15-23)16-8-4-7-11-26(41)45-19-25(20-9-5-3-6-10-20)37-31(42)27-28(32(39)43)34(30)17-24(35)29(27)46-34/h3-6,8-10,12-15,17,22,25,27-30,40H,2,7,11,16,18-19H2,1H3,(H,37,42)/b8-4-/t22-,25-,27-,28+,29-,30-,34+/m0/s1. The predicted molar refractivity (Wildman–Crippen MR) is 174 cm³/mol. The van der Waals surface area contributed by atoms with Crippen LogP contribution in [-0.2, 0) is 28.7 Å². The number of nitrogens with zero attached hydrogens (tertiary/aromatic N) is 2. The van der Waals surface area contributed by atoms with Crippen LogP contribution in [0.1, 0.15) is 37.8 Å². The Balaban J connectivity index is 1.47. The van der Waals surface area contributed by atoms with Crippen molar-refractivity contribution in [2.24, 2.45) is 11.8 Å². The molecular weight excluding hydrogens is 678 g/mol. The molecule has 10 nitrogen and oxygen atoms in total. The third-order valence-electron chi connectivity index (χ3n) is 9.28. The van der Waals surface area contributed by atoms with Gasteiger partial charge in [0, 0.05) is 28.2 Å². The molecule has 4 aliphatic rings. The second-order valence-electron chi connectivity index (χ2n) is 11.9. The highest BCUT2D eigenvalue weighted by Gasteiger charge is 2.75. The number of ether oxygens (including phenoxy) is 2. The van der Waals surface area contributed by atoms with E-state index in [1.165, 1.54) is 9.80 Å². The van der Waals surface area contributed by atoms with Crippen molar-refractivity contribution in [3.63, 3.8) is 0 Å². The van der Waals surface area contributed by atoms with E-state index < -0.39 is 65.4 Å². The third kappa shape index (κ3) is 5.67. The molecule has 0 radical (unpaired) electrons. The van der Waals surface area contributed by atoms with Gasteiger partial charge in [-0.25, -0.2) is 0 Å². The number of carbonyl (C=O) groups excluding carboxylic acids is 4. The van der Waals surface area contributed by atoms with Gasteiger partial charge < -0.3 is 29.7 Å². The Bertz CT molecular complexity index is 1560. The van der Waals surface area contributed by atoms with E-state index in [1.54, 1.807) is 42.5 Å². The van der Waals surface area contributed by atoms with Crippen LogP contribution in [0.15, 0.2) is 77.3 Å². The van der Waals surface area contributed by atoms with E-state index in [2.05, 4.69) is 21.2 Å². The summed E-state index contributed by atoms with van der Waals surface area (Å²) in [5, 5.41) is 13.9. The maximum atomic E-state index is 14.9. The van der Waals surface area contributed by atoms with Gasteiger partial charge in [0.25, 0.3) is 5.91 Å². The number of allylic oxidation sites excluding steroid dienone is 1. The molecule has 1 spiro atoms. The fraction of sp³-hybridized carbons (Fsp3) is 0.412. The summed E-state index contributed by atoms with van der Waals surface area (Å²) in [5.41, 5.74) is -0.206. The summed E-state index contributed by atoms with van der Waals surface area (Å²) in [4.78, 5) is 59.3. The lowest BCUT2D eigenvalue weighted by atomic mass is 9.74. The highest BCUT2D eigenvalue weighted by Crippen LogP contribution is 2.59. The van der Waals surface area contributed by atoms with E-state index in [0.29, 0.717) is 28.0 Å². The molecule has 46 heavy (non-hydrogen) atoms. The predicted octanol–water partition coefficient (Wildman–Crippen LogP) is 4.07. The number of halogens is 2. The van der Waals surface area contributed by atoms with E-state index in [0.717, 1.165) is 5.56 Å². The first-order chi connectivity index (χ1) is 22.2. The lowest BCUT2D eigenvalue weighted by Crippen LogP contribution is -2.58. The Hall–Kier alpha value is -3.51. The number of aliphatic hydroxyl groups excluding tert-OH is 1. The van der Waals surface area contributed by atoms with Crippen LogP contribution >= 0.6 is 27.5 Å². The first kappa shape index (κ1) is 32.4. The summed E-state index contributed by atoms with van der Waals surface area (Å²) < 4.78 is 12.8. The lowest BCUT2D eigenvalue weighted by molar-refractivity contribution is -0.146. The Morgan fingerprint density at radius 2 is 1.80 bits per heavy atom. The van der Waals surface area contributed by atoms with E-state index >= 15 is 0 Å². The first-order valence-corrected chi connectivity index (χ1v) is 16.6. The molecule has 0 unspecified atom stereocenters. The average Bonchev–Trinajstić information content (AvgIpc) is 3.65. The fourth-order valence-corrected chi connectivity index (χ4v) is 7.92. The van der Waals surface area contributed by atoms with E-state index in [1.807, 2.05) is 37.3 Å². The van der Waals surface area contributed by atoms with Crippen molar-refractivity contribution in [2.75, 3.05) is 24.7 Å². The van der Waals surface area contributed by atoms with Gasteiger partial charge in [0.05, 0.1) is 30.5 Å². The number of hydrogen-bond acceptors (Lipinski definition) is 7. The van der Waals surface area contributed by atoms with E-state index in [-0.39, 0.29) is 26.2 Å². The molecule has 0 aromatic heterocycles. The minimum atomic E-state index is -1.47. The molecule has 0 aliphatic carbocycles. The van der Waals surface area contributed by atoms with Gasteiger partial charge in [-0.1, -0.05) is 76.9 Å². The van der Waals surface area contributed by atoms with Gasteiger partial charge in [-0.2, -0.15) is 0 Å². The van der Waals surface area contributed by atoms with Gasteiger partial charge in [-0.3, -0.25) is 19.2 Å². The molecule has 12 heteroatoms. The van der Waals surface area contributed by atoms with Crippen LogP contribution in [0.4, 0.5) is 5.69 Å². The SMILES string of the molecule is CC[C@@H](CO)N1C(=O)[C@H]2[C@@H]3C(=O)N[C@H](c4ccccc4)COC(=O)CC/C=C\CN(c4ccc(Cl)cc4)C(=O)[C@H]1[C@@]21C=C(Br)[C@@H]3O1. The molecule has 3 amide bonds. The number of nitrogens with one attached hydrogen (secondary N) is 1. The number of hydrogen-bond donors (Lipinski definition) is 2. The van der Waals surface area contributed by atoms with Crippen molar-refractivity contribution in [1.29, 1.82) is 0 Å². The highest BCUT2D eigenvalue weighted by molar-refractivity contribution is 9.11. The number of amides is 3. The quantitative estimate of drug-likeness (QED) is 0.354. The van der Waals surface area contributed by atoms with E-state index in [9.17, 15) is 24.3 Å². The van der Waals surface area contributed by atoms with Crippen molar-refractivity contribution in [3.05, 3.63) is 87.9 Å². The van der Waals surface area contributed by atoms with Crippen molar-refractivity contribution < 1.29 is 33.8 Å². The second-order valence-corrected chi connectivity index (χ2v) is 13.3. The van der Waals surface area contributed by atoms with Crippen LogP contribution in [0.5, 0.6) is 0 Å². The lowest BCUT2D eigenvalue weighted by Gasteiger charge is -2.38. The Kier molecular flexibility index (Phi) is 9.38. The van der Waals surface area contributed by atoms with Crippen molar-refractivity contribution in [2.45, 2.75) is 56.0 Å². The summed E-state index contributed by atoms with van der Waals surface area (Å²) in [6.07, 6.45) is 5.38. The normalized spacial score (nSPS) is 31.3. The number of anilines is 1. The van der Waals surface area contributed by atoms with Gasteiger partial charge in [-0.15, -0.1) is 0 Å². The van der Waals surface area contributed by atoms with Crippen LogP contribution < -0.4 is 10.2 Å². The molecule has 4 heterocycles. The molecule has 2 aromatic carbocycles. The largest absolute Gasteiger partial charge is 0.463 e. The Morgan fingerprint density at radius 1 is 1.07 bits per heavy atom. The van der Waals surface area contributed by atoms with Crippen molar-refractivity contribution >= 4 is 56.9 Å². The number of cyclic esters (lactones) is 1. The van der Waals surface area contributed by atoms with Gasteiger partial charge in [0.15, 0.2) is 0 Å². The molecule has 7 atom stereocenters. The molecule has 6 rings (SSSR count). The van der Waals surface area contributed by atoms with Gasteiger partial charge in [-0.05, 0) is 48.7 Å². The Morgan fingerprint density at radius 3 is 2.50 bits per heavy atom. The third-order valence-corrected chi connectivity index (χ3v) is 10.2. The van der Waals surface area contributed by atoms with Crippen molar-refractivity contribution in [3.8, 4) is 0 Å². The molecule has 0 saturated carbocycles. The minimum absolute atomic E-state index is 0.0999.